The minimum absolute atomic E-state index is 0.0519. The maximum absolute atomic E-state index is 10.8. The lowest BCUT2D eigenvalue weighted by Crippen LogP contribution is -2.17. The van der Waals surface area contributed by atoms with Gasteiger partial charge in [0.25, 0.3) is 0 Å². The van der Waals surface area contributed by atoms with Crippen LogP contribution in [-0.2, 0) is 0 Å². The van der Waals surface area contributed by atoms with Crippen molar-refractivity contribution in [2.45, 2.75) is 12.8 Å². The van der Waals surface area contributed by atoms with Gasteiger partial charge in [0.2, 0.25) is 0 Å². The molecule has 0 aliphatic carbocycles. The van der Waals surface area contributed by atoms with Gasteiger partial charge in [-0.05, 0) is 47.9 Å². The number of aromatic hydroxyl groups is 1. The molecule has 3 rings (SSSR count). The Morgan fingerprint density at radius 2 is 1.83 bits per heavy atom. The maximum Gasteiger partial charge on any atom is 0.153 e. The van der Waals surface area contributed by atoms with Crippen LogP contribution in [-0.4, -0.2) is 24.5 Å². The van der Waals surface area contributed by atoms with Crippen LogP contribution in [0.3, 0.4) is 0 Å². The number of fused-ring (bicyclic) bond motifs is 1. The van der Waals surface area contributed by atoms with E-state index in [1.54, 1.807) is 12.1 Å². The van der Waals surface area contributed by atoms with Gasteiger partial charge in [0.1, 0.15) is 5.75 Å². The fourth-order valence-corrected chi connectivity index (χ4v) is 2.56. The summed E-state index contributed by atoms with van der Waals surface area (Å²) in [5.41, 5.74) is 1.54. The Kier molecular flexibility index (Phi) is 2.67. The zero-order valence-corrected chi connectivity index (χ0v) is 10.1. The first-order chi connectivity index (χ1) is 8.78. The molecule has 3 nitrogen and oxygen atoms in total. The zero-order valence-electron chi connectivity index (χ0n) is 10.1. The van der Waals surface area contributed by atoms with E-state index in [9.17, 15) is 9.90 Å². The quantitative estimate of drug-likeness (QED) is 0.822. The first kappa shape index (κ1) is 11.1. The second-order valence-corrected chi connectivity index (χ2v) is 4.75. The smallest absolute Gasteiger partial charge is 0.153 e. The number of hydrogen-bond acceptors (Lipinski definition) is 3. The Hall–Kier alpha value is -2.03. The molecule has 1 heterocycles. The van der Waals surface area contributed by atoms with Gasteiger partial charge in [-0.15, -0.1) is 0 Å². The number of nitrogens with zero attached hydrogens (tertiary/aromatic N) is 1. The molecular formula is C15H15NO2. The summed E-state index contributed by atoms with van der Waals surface area (Å²) in [7, 11) is 0. The summed E-state index contributed by atoms with van der Waals surface area (Å²) in [6.45, 7) is 2.20. The summed E-state index contributed by atoms with van der Waals surface area (Å²) in [6.07, 6.45) is 3.17. The monoisotopic (exact) mass is 241 g/mol. The molecule has 0 saturated carbocycles. The van der Waals surface area contributed by atoms with E-state index in [-0.39, 0.29) is 5.75 Å². The Balaban J connectivity index is 2.08. The highest BCUT2D eigenvalue weighted by atomic mass is 16.3. The maximum atomic E-state index is 10.8. The number of carbonyl (C=O) groups excluding carboxylic acids is 1. The molecule has 3 heteroatoms. The minimum Gasteiger partial charge on any atom is -0.507 e. The highest BCUT2D eigenvalue weighted by Crippen LogP contribution is 2.29. The SMILES string of the molecule is O=Cc1cc2ccc(N3CCCC3)cc2cc1O. The van der Waals surface area contributed by atoms with Gasteiger partial charge in [-0.3, -0.25) is 4.79 Å². The lowest BCUT2D eigenvalue weighted by molar-refractivity contribution is 0.112. The van der Waals surface area contributed by atoms with Crippen molar-refractivity contribution in [1.29, 1.82) is 0 Å². The van der Waals surface area contributed by atoms with E-state index in [1.807, 2.05) is 6.07 Å². The van der Waals surface area contributed by atoms with Crippen molar-refractivity contribution in [2.75, 3.05) is 18.0 Å². The molecule has 0 atom stereocenters. The molecule has 0 amide bonds. The van der Waals surface area contributed by atoms with Crippen LogP contribution in [0.5, 0.6) is 5.75 Å². The van der Waals surface area contributed by atoms with Gasteiger partial charge in [-0.1, -0.05) is 6.07 Å². The molecule has 0 bridgehead atoms. The molecule has 0 spiro atoms. The third-order valence-electron chi connectivity index (χ3n) is 3.57. The standard InChI is InChI=1S/C15H15NO2/c17-10-13-7-11-3-4-14(16-5-1-2-6-16)8-12(11)9-15(13)18/h3-4,7-10,18H,1-2,5-6H2. The molecule has 1 aliphatic heterocycles. The first-order valence-electron chi connectivity index (χ1n) is 6.25. The summed E-state index contributed by atoms with van der Waals surface area (Å²) in [5.74, 6) is 0.0519. The van der Waals surface area contributed by atoms with Crippen LogP contribution in [0.2, 0.25) is 0 Å². The second kappa shape index (κ2) is 4.33. The lowest BCUT2D eigenvalue weighted by atomic mass is 10.1. The molecule has 0 aromatic heterocycles. The number of benzene rings is 2. The highest BCUT2D eigenvalue weighted by Gasteiger charge is 2.13. The second-order valence-electron chi connectivity index (χ2n) is 4.75. The van der Waals surface area contributed by atoms with E-state index in [0.29, 0.717) is 11.8 Å². The number of anilines is 1. The summed E-state index contributed by atoms with van der Waals surface area (Å²) in [6, 6.07) is 9.56. The van der Waals surface area contributed by atoms with Gasteiger partial charge in [-0.2, -0.15) is 0 Å². The van der Waals surface area contributed by atoms with E-state index >= 15 is 0 Å². The van der Waals surface area contributed by atoms with Crippen LogP contribution in [0.1, 0.15) is 23.2 Å². The fourth-order valence-electron chi connectivity index (χ4n) is 2.56. The van der Waals surface area contributed by atoms with Gasteiger partial charge >= 0.3 is 0 Å². The Morgan fingerprint density at radius 3 is 2.56 bits per heavy atom. The fraction of sp³-hybridized carbons (Fsp3) is 0.267. The number of aldehydes is 1. The molecule has 2 aromatic carbocycles. The predicted molar refractivity (Wildman–Crippen MR) is 72.4 cm³/mol. The molecular weight excluding hydrogens is 226 g/mol. The summed E-state index contributed by atoms with van der Waals surface area (Å²) in [4.78, 5) is 13.1. The van der Waals surface area contributed by atoms with Crippen LogP contribution in [0.15, 0.2) is 30.3 Å². The molecule has 1 fully saturated rings. The van der Waals surface area contributed by atoms with Crippen LogP contribution in [0.25, 0.3) is 10.8 Å². The third kappa shape index (κ3) is 1.82. The normalized spacial score (nSPS) is 15.2. The minimum atomic E-state index is 0.0519. The number of rotatable bonds is 2. The van der Waals surface area contributed by atoms with Crippen LogP contribution in [0.4, 0.5) is 5.69 Å². The van der Waals surface area contributed by atoms with Crippen molar-refractivity contribution >= 4 is 22.7 Å². The van der Waals surface area contributed by atoms with Gasteiger partial charge in [0, 0.05) is 18.8 Å². The van der Waals surface area contributed by atoms with Gasteiger partial charge < -0.3 is 10.0 Å². The number of hydrogen-bond donors (Lipinski definition) is 1. The average Bonchev–Trinajstić information content (AvgIpc) is 2.91. The van der Waals surface area contributed by atoms with Crippen molar-refractivity contribution in [1.82, 2.24) is 0 Å². The predicted octanol–water partition coefficient (Wildman–Crippen LogP) is 2.96. The number of carbonyl (C=O) groups is 1. The molecule has 1 saturated heterocycles. The van der Waals surface area contributed by atoms with Gasteiger partial charge in [0.05, 0.1) is 5.56 Å². The molecule has 18 heavy (non-hydrogen) atoms. The highest BCUT2D eigenvalue weighted by molar-refractivity contribution is 5.93. The molecule has 2 aromatic rings. The molecule has 92 valence electrons. The number of phenols is 1. The van der Waals surface area contributed by atoms with Crippen molar-refractivity contribution < 1.29 is 9.90 Å². The van der Waals surface area contributed by atoms with Crippen molar-refractivity contribution in [3.8, 4) is 5.75 Å². The third-order valence-corrected chi connectivity index (χ3v) is 3.57. The van der Waals surface area contributed by atoms with E-state index in [1.165, 1.54) is 18.5 Å². The van der Waals surface area contributed by atoms with Crippen LogP contribution < -0.4 is 4.90 Å². The van der Waals surface area contributed by atoms with Gasteiger partial charge in [0.15, 0.2) is 6.29 Å². The molecule has 1 N–H and O–H groups in total. The van der Waals surface area contributed by atoms with Crippen molar-refractivity contribution in [3.05, 3.63) is 35.9 Å². The van der Waals surface area contributed by atoms with Crippen molar-refractivity contribution in [2.24, 2.45) is 0 Å². The van der Waals surface area contributed by atoms with E-state index < -0.39 is 0 Å². The van der Waals surface area contributed by atoms with Crippen LogP contribution >= 0.6 is 0 Å². The Morgan fingerprint density at radius 1 is 1.06 bits per heavy atom. The van der Waals surface area contributed by atoms with Crippen LogP contribution in [0, 0.1) is 0 Å². The molecule has 1 aliphatic rings. The molecule has 0 radical (unpaired) electrons. The zero-order chi connectivity index (χ0) is 12.5. The Bertz CT molecular complexity index is 601. The Labute approximate surface area is 106 Å². The topological polar surface area (TPSA) is 40.5 Å². The van der Waals surface area contributed by atoms with E-state index in [0.717, 1.165) is 23.9 Å². The van der Waals surface area contributed by atoms with Crippen molar-refractivity contribution in [3.63, 3.8) is 0 Å². The average molecular weight is 241 g/mol. The summed E-state index contributed by atoms with van der Waals surface area (Å²) in [5, 5.41) is 11.7. The molecule has 0 unspecified atom stereocenters. The van der Waals surface area contributed by atoms with Gasteiger partial charge in [-0.25, -0.2) is 0 Å². The largest absolute Gasteiger partial charge is 0.507 e. The summed E-state index contributed by atoms with van der Waals surface area (Å²) >= 11 is 0. The number of phenolic OH excluding ortho intramolecular Hbond substituents is 1. The summed E-state index contributed by atoms with van der Waals surface area (Å²) < 4.78 is 0. The van der Waals surface area contributed by atoms with E-state index in [4.69, 9.17) is 0 Å². The first-order valence-corrected chi connectivity index (χ1v) is 6.25. The van der Waals surface area contributed by atoms with E-state index in [2.05, 4.69) is 17.0 Å². The lowest BCUT2D eigenvalue weighted by Gasteiger charge is -2.18.